The largest absolute Gasteiger partial charge is 0.465 e. The third-order valence-corrected chi connectivity index (χ3v) is 5.92. The second kappa shape index (κ2) is 7.15. The summed E-state index contributed by atoms with van der Waals surface area (Å²) in [6, 6.07) is 7.75. The van der Waals surface area contributed by atoms with Crippen LogP contribution in [0.2, 0.25) is 0 Å². The van der Waals surface area contributed by atoms with Crippen molar-refractivity contribution in [3.8, 4) is 10.6 Å². The van der Waals surface area contributed by atoms with Gasteiger partial charge in [-0.1, -0.05) is 23.5 Å². The van der Waals surface area contributed by atoms with Gasteiger partial charge in [0.25, 0.3) is 5.91 Å². The molecule has 2 aromatic rings. The van der Waals surface area contributed by atoms with Crippen molar-refractivity contribution in [2.24, 2.45) is 0 Å². The average Bonchev–Trinajstić information content (AvgIpc) is 3.41. The number of nitrogen functional groups attached to an aromatic ring is 1. The van der Waals surface area contributed by atoms with Crippen molar-refractivity contribution in [1.29, 1.82) is 0 Å². The molecule has 1 aliphatic heterocycles. The quantitative estimate of drug-likeness (QED) is 0.834. The molecule has 1 saturated carbocycles. The van der Waals surface area contributed by atoms with Gasteiger partial charge in [-0.2, -0.15) is 0 Å². The van der Waals surface area contributed by atoms with Crippen LogP contribution < -0.4 is 5.73 Å². The molecule has 0 unspecified atom stereocenters. The van der Waals surface area contributed by atoms with Crippen LogP contribution in [0.15, 0.2) is 24.3 Å². The Morgan fingerprint density at radius 2 is 1.70 bits per heavy atom. The van der Waals surface area contributed by atoms with Crippen LogP contribution in [-0.4, -0.2) is 62.3 Å². The van der Waals surface area contributed by atoms with Crippen molar-refractivity contribution in [3.05, 3.63) is 29.8 Å². The third-order valence-electron chi connectivity index (χ3n) is 5.12. The second-order valence-electron chi connectivity index (χ2n) is 6.97. The minimum atomic E-state index is -0.884. The molecule has 2 aliphatic rings. The number of carbonyl (C=O) groups excluding carboxylic acids is 1. The number of nitrogens with two attached hydrogens (primary N) is 1. The van der Waals surface area contributed by atoms with E-state index in [0.29, 0.717) is 36.6 Å². The summed E-state index contributed by atoms with van der Waals surface area (Å²) in [5.41, 5.74) is 7.15. The number of carboxylic acid groups (broad SMARTS) is 1. The fourth-order valence-electron chi connectivity index (χ4n) is 3.57. The summed E-state index contributed by atoms with van der Waals surface area (Å²) in [7, 11) is 0. The molecule has 9 heteroatoms. The molecule has 2 fully saturated rings. The number of rotatable bonds is 4. The zero-order chi connectivity index (χ0) is 19.0. The average molecular weight is 387 g/mol. The van der Waals surface area contributed by atoms with Crippen LogP contribution in [0.25, 0.3) is 10.6 Å². The standard InChI is InChI=1S/C18H21N5O3S/c19-17-21-20-15(27-17)11-1-3-12(4-2-11)16(24)23(13-5-6-13)14-7-9-22(10-8-14)18(25)26/h1-4,13-14H,5-10H2,(H2,19,21)(H,25,26). The Balaban J connectivity index is 1.49. The fourth-order valence-corrected chi connectivity index (χ4v) is 4.19. The Morgan fingerprint density at radius 3 is 2.22 bits per heavy atom. The number of aromatic nitrogens is 2. The van der Waals surface area contributed by atoms with Crippen molar-refractivity contribution in [3.63, 3.8) is 0 Å². The summed E-state index contributed by atoms with van der Waals surface area (Å²) in [4.78, 5) is 27.7. The summed E-state index contributed by atoms with van der Waals surface area (Å²) in [6.07, 6.45) is 2.54. The van der Waals surface area contributed by atoms with E-state index >= 15 is 0 Å². The van der Waals surface area contributed by atoms with Gasteiger partial charge < -0.3 is 20.6 Å². The Hall–Kier alpha value is -2.68. The fraction of sp³-hybridized carbons (Fsp3) is 0.444. The van der Waals surface area contributed by atoms with Gasteiger partial charge in [0, 0.05) is 36.3 Å². The molecule has 4 rings (SSSR count). The SMILES string of the molecule is Nc1nnc(-c2ccc(C(=O)N(C3CC3)C3CCN(C(=O)O)CC3)cc2)s1. The number of nitrogens with zero attached hydrogens (tertiary/aromatic N) is 4. The molecule has 1 aliphatic carbocycles. The van der Waals surface area contributed by atoms with Gasteiger partial charge in [0.15, 0.2) is 0 Å². The summed E-state index contributed by atoms with van der Waals surface area (Å²) >= 11 is 1.31. The number of likely N-dealkylation sites (tertiary alicyclic amines) is 1. The first kappa shape index (κ1) is 17.7. The lowest BCUT2D eigenvalue weighted by atomic mass is 10.0. The molecule has 2 heterocycles. The van der Waals surface area contributed by atoms with Crippen molar-refractivity contribution in [2.75, 3.05) is 18.8 Å². The minimum Gasteiger partial charge on any atom is -0.465 e. The van der Waals surface area contributed by atoms with Crippen LogP contribution in [0.3, 0.4) is 0 Å². The monoisotopic (exact) mass is 387 g/mol. The molecule has 0 atom stereocenters. The van der Waals surface area contributed by atoms with E-state index in [9.17, 15) is 9.59 Å². The smallest absolute Gasteiger partial charge is 0.407 e. The van der Waals surface area contributed by atoms with Gasteiger partial charge in [-0.05, 0) is 37.8 Å². The lowest BCUT2D eigenvalue weighted by Gasteiger charge is -2.38. The zero-order valence-electron chi connectivity index (χ0n) is 14.7. The first-order chi connectivity index (χ1) is 13.0. The molecule has 3 N–H and O–H groups in total. The predicted molar refractivity (Wildman–Crippen MR) is 102 cm³/mol. The van der Waals surface area contributed by atoms with E-state index in [0.717, 1.165) is 23.4 Å². The van der Waals surface area contributed by atoms with Gasteiger partial charge >= 0.3 is 6.09 Å². The Kier molecular flexibility index (Phi) is 4.69. The lowest BCUT2D eigenvalue weighted by molar-refractivity contribution is 0.0551. The molecular formula is C18H21N5O3S. The van der Waals surface area contributed by atoms with Crippen LogP contribution >= 0.6 is 11.3 Å². The van der Waals surface area contributed by atoms with E-state index in [1.54, 1.807) is 0 Å². The number of benzene rings is 1. The summed E-state index contributed by atoms with van der Waals surface area (Å²) in [5, 5.41) is 18.1. The number of carbonyl (C=O) groups is 2. The number of piperidine rings is 1. The van der Waals surface area contributed by atoms with Crippen LogP contribution in [0.4, 0.5) is 9.93 Å². The first-order valence-electron chi connectivity index (χ1n) is 9.03. The normalized spacial score (nSPS) is 17.7. The summed E-state index contributed by atoms with van der Waals surface area (Å²) in [6.45, 7) is 0.960. The number of anilines is 1. The minimum absolute atomic E-state index is 0.0228. The van der Waals surface area contributed by atoms with Crippen LogP contribution in [-0.2, 0) is 0 Å². The van der Waals surface area contributed by atoms with Crippen molar-refractivity contribution >= 4 is 28.5 Å². The number of amides is 2. The second-order valence-corrected chi connectivity index (χ2v) is 7.98. The van der Waals surface area contributed by atoms with E-state index in [1.165, 1.54) is 16.2 Å². The van der Waals surface area contributed by atoms with Crippen molar-refractivity contribution in [1.82, 2.24) is 20.0 Å². The maximum atomic E-state index is 13.1. The number of hydrogen-bond donors (Lipinski definition) is 2. The van der Waals surface area contributed by atoms with Crippen LogP contribution in [0.1, 0.15) is 36.0 Å². The molecule has 1 aromatic heterocycles. The molecule has 0 spiro atoms. The highest BCUT2D eigenvalue weighted by Gasteiger charge is 2.39. The molecule has 142 valence electrons. The molecule has 1 aromatic carbocycles. The lowest BCUT2D eigenvalue weighted by Crippen LogP contribution is -2.49. The predicted octanol–water partition coefficient (Wildman–Crippen LogP) is 2.53. The first-order valence-corrected chi connectivity index (χ1v) is 9.84. The molecular weight excluding hydrogens is 366 g/mol. The maximum Gasteiger partial charge on any atom is 0.407 e. The van der Waals surface area contributed by atoms with E-state index in [4.69, 9.17) is 10.8 Å². The molecule has 1 saturated heterocycles. The van der Waals surface area contributed by atoms with Crippen LogP contribution in [0.5, 0.6) is 0 Å². The van der Waals surface area contributed by atoms with Gasteiger partial charge in [-0.3, -0.25) is 4.79 Å². The van der Waals surface area contributed by atoms with Crippen LogP contribution in [0, 0.1) is 0 Å². The summed E-state index contributed by atoms with van der Waals surface area (Å²) in [5.74, 6) is 0.0228. The molecule has 0 radical (unpaired) electrons. The van der Waals surface area contributed by atoms with Crippen molar-refractivity contribution < 1.29 is 14.7 Å². The third kappa shape index (κ3) is 3.73. The highest BCUT2D eigenvalue weighted by atomic mass is 32.1. The topological polar surface area (TPSA) is 113 Å². The Morgan fingerprint density at radius 1 is 1.07 bits per heavy atom. The number of hydrogen-bond acceptors (Lipinski definition) is 6. The van der Waals surface area contributed by atoms with E-state index in [2.05, 4.69) is 10.2 Å². The maximum absolute atomic E-state index is 13.1. The molecule has 8 nitrogen and oxygen atoms in total. The van der Waals surface area contributed by atoms with E-state index in [1.807, 2.05) is 29.2 Å². The van der Waals surface area contributed by atoms with E-state index in [-0.39, 0.29) is 18.0 Å². The molecule has 2 amide bonds. The molecule has 27 heavy (non-hydrogen) atoms. The van der Waals surface area contributed by atoms with Crippen molar-refractivity contribution in [2.45, 2.75) is 37.8 Å². The summed E-state index contributed by atoms with van der Waals surface area (Å²) < 4.78 is 0. The Bertz CT molecular complexity index is 841. The highest BCUT2D eigenvalue weighted by molar-refractivity contribution is 7.18. The zero-order valence-corrected chi connectivity index (χ0v) is 15.6. The van der Waals surface area contributed by atoms with Gasteiger partial charge in [-0.25, -0.2) is 4.79 Å². The van der Waals surface area contributed by atoms with Gasteiger partial charge in [0.2, 0.25) is 5.13 Å². The van der Waals surface area contributed by atoms with Gasteiger partial charge in [0.1, 0.15) is 5.01 Å². The highest BCUT2D eigenvalue weighted by Crippen LogP contribution is 2.34. The van der Waals surface area contributed by atoms with Gasteiger partial charge in [-0.15, -0.1) is 10.2 Å². The molecule has 0 bridgehead atoms. The van der Waals surface area contributed by atoms with Gasteiger partial charge in [0.05, 0.1) is 0 Å². The van der Waals surface area contributed by atoms with E-state index < -0.39 is 6.09 Å². The Labute approximate surface area is 160 Å².